The molecule has 20 heavy (non-hydrogen) atoms. The van der Waals surface area contributed by atoms with Gasteiger partial charge in [-0.1, -0.05) is 12.1 Å². The molecule has 6 nitrogen and oxygen atoms in total. The summed E-state index contributed by atoms with van der Waals surface area (Å²) in [5, 5.41) is 19.4. The van der Waals surface area contributed by atoms with Crippen LogP contribution < -0.4 is 5.43 Å². The van der Waals surface area contributed by atoms with Crippen LogP contribution in [0.2, 0.25) is 0 Å². The van der Waals surface area contributed by atoms with Gasteiger partial charge in [0.1, 0.15) is 5.56 Å². The minimum absolute atomic E-state index is 0.0185. The number of aromatic amines is 1. The molecule has 2 heterocycles. The summed E-state index contributed by atoms with van der Waals surface area (Å²) in [4.78, 5) is 28.8. The third-order valence-corrected chi connectivity index (χ3v) is 3.56. The molecule has 2 atom stereocenters. The average molecular weight is 274 g/mol. The minimum Gasteiger partial charge on any atom is -0.388 e. The average Bonchev–Trinajstić information content (AvgIpc) is 2.79. The smallest absolute Gasteiger partial charge is 0.259 e. The number of likely N-dealkylation sites (tertiary alicyclic amines) is 1. The van der Waals surface area contributed by atoms with Gasteiger partial charge < -0.3 is 20.1 Å². The van der Waals surface area contributed by atoms with E-state index in [9.17, 15) is 19.8 Å². The number of β-amino-alcohol motifs (C(OH)–C–C–N with tert-alkyl or cyclic N) is 2. The van der Waals surface area contributed by atoms with E-state index in [-0.39, 0.29) is 24.1 Å². The monoisotopic (exact) mass is 274 g/mol. The van der Waals surface area contributed by atoms with Gasteiger partial charge in [-0.25, -0.2) is 0 Å². The number of carbonyl (C=O) groups excluding carboxylic acids is 1. The van der Waals surface area contributed by atoms with Crippen LogP contribution in [-0.4, -0.2) is 51.3 Å². The Labute approximate surface area is 114 Å². The van der Waals surface area contributed by atoms with Crippen LogP contribution in [0.25, 0.3) is 10.9 Å². The van der Waals surface area contributed by atoms with Gasteiger partial charge >= 0.3 is 0 Å². The van der Waals surface area contributed by atoms with E-state index in [1.165, 1.54) is 11.1 Å². The fourth-order valence-electron chi connectivity index (χ4n) is 2.43. The first kappa shape index (κ1) is 12.8. The van der Waals surface area contributed by atoms with Crippen LogP contribution in [0.1, 0.15) is 10.4 Å². The first-order valence-electron chi connectivity index (χ1n) is 6.34. The van der Waals surface area contributed by atoms with Gasteiger partial charge in [0.15, 0.2) is 0 Å². The number of hydrogen-bond donors (Lipinski definition) is 3. The largest absolute Gasteiger partial charge is 0.388 e. The van der Waals surface area contributed by atoms with Crippen LogP contribution in [0.4, 0.5) is 0 Å². The van der Waals surface area contributed by atoms with Crippen LogP contribution >= 0.6 is 0 Å². The highest BCUT2D eigenvalue weighted by Crippen LogP contribution is 2.14. The van der Waals surface area contributed by atoms with Crippen LogP contribution in [0.3, 0.4) is 0 Å². The number of amides is 1. The van der Waals surface area contributed by atoms with Crippen LogP contribution in [0.5, 0.6) is 0 Å². The number of hydrogen-bond acceptors (Lipinski definition) is 4. The fraction of sp³-hybridized carbons (Fsp3) is 0.286. The van der Waals surface area contributed by atoms with Crippen molar-refractivity contribution in [3.63, 3.8) is 0 Å². The Bertz CT molecular complexity index is 714. The molecule has 1 saturated heterocycles. The second-order valence-corrected chi connectivity index (χ2v) is 4.92. The number of aromatic nitrogens is 1. The number of rotatable bonds is 1. The molecule has 104 valence electrons. The van der Waals surface area contributed by atoms with Crippen LogP contribution in [0, 0.1) is 0 Å². The number of carbonyl (C=O) groups is 1. The van der Waals surface area contributed by atoms with Gasteiger partial charge in [-0.05, 0) is 12.1 Å². The second kappa shape index (κ2) is 4.73. The van der Waals surface area contributed by atoms with Crippen molar-refractivity contribution in [2.24, 2.45) is 0 Å². The highest BCUT2D eigenvalue weighted by molar-refractivity contribution is 5.97. The van der Waals surface area contributed by atoms with E-state index in [0.717, 1.165) is 0 Å². The summed E-state index contributed by atoms with van der Waals surface area (Å²) in [6, 6.07) is 6.94. The van der Waals surface area contributed by atoms with Crippen molar-refractivity contribution in [1.82, 2.24) is 9.88 Å². The second-order valence-electron chi connectivity index (χ2n) is 4.92. The van der Waals surface area contributed by atoms with Crippen LogP contribution in [0.15, 0.2) is 35.3 Å². The van der Waals surface area contributed by atoms with Crippen molar-refractivity contribution in [2.75, 3.05) is 13.1 Å². The van der Waals surface area contributed by atoms with E-state index in [4.69, 9.17) is 0 Å². The molecule has 1 aliphatic heterocycles. The summed E-state index contributed by atoms with van der Waals surface area (Å²) in [7, 11) is 0. The van der Waals surface area contributed by atoms with Gasteiger partial charge in [0.05, 0.1) is 12.2 Å². The first-order chi connectivity index (χ1) is 9.58. The molecule has 0 bridgehead atoms. The number of fused-ring (bicyclic) bond motifs is 1. The fourth-order valence-corrected chi connectivity index (χ4v) is 2.43. The van der Waals surface area contributed by atoms with E-state index in [2.05, 4.69) is 4.98 Å². The quantitative estimate of drug-likeness (QED) is 0.666. The molecule has 0 aliphatic carbocycles. The Balaban J connectivity index is 2.01. The van der Waals surface area contributed by atoms with E-state index in [1.807, 2.05) is 0 Å². The SMILES string of the molecule is O=C(c1c[nH]c2ccccc2c1=O)N1C[C@@H](O)[C@@H](O)C1. The van der Waals surface area contributed by atoms with E-state index >= 15 is 0 Å². The number of nitrogens with one attached hydrogen (secondary N) is 1. The van der Waals surface area contributed by atoms with Gasteiger partial charge in [-0.2, -0.15) is 0 Å². The Morgan fingerprint density at radius 1 is 1.20 bits per heavy atom. The van der Waals surface area contributed by atoms with Crippen molar-refractivity contribution in [3.8, 4) is 0 Å². The number of pyridine rings is 1. The molecule has 1 aromatic heterocycles. The lowest BCUT2D eigenvalue weighted by Gasteiger charge is -2.15. The molecule has 3 N–H and O–H groups in total. The number of nitrogens with zero attached hydrogens (tertiary/aromatic N) is 1. The maximum atomic E-state index is 12.3. The van der Waals surface area contributed by atoms with E-state index in [1.54, 1.807) is 24.3 Å². The van der Waals surface area contributed by atoms with E-state index in [0.29, 0.717) is 10.9 Å². The van der Waals surface area contributed by atoms with Crippen molar-refractivity contribution >= 4 is 16.8 Å². The van der Waals surface area contributed by atoms with Crippen molar-refractivity contribution in [1.29, 1.82) is 0 Å². The predicted octanol–water partition coefficient (Wildman–Crippen LogP) is -0.294. The molecule has 0 saturated carbocycles. The van der Waals surface area contributed by atoms with Crippen LogP contribution in [-0.2, 0) is 0 Å². The number of benzene rings is 1. The summed E-state index contributed by atoms with van der Waals surface area (Å²) >= 11 is 0. The van der Waals surface area contributed by atoms with E-state index < -0.39 is 18.1 Å². The molecule has 0 spiro atoms. The summed E-state index contributed by atoms with van der Waals surface area (Å²) in [6.45, 7) is 0.0680. The Morgan fingerprint density at radius 3 is 2.55 bits per heavy atom. The summed E-state index contributed by atoms with van der Waals surface area (Å²) < 4.78 is 0. The summed E-state index contributed by atoms with van der Waals surface area (Å²) in [5.41, 5.74) is 0.334. The predicted molar refractivity (Wildman–Crippen MR) is 72.5 cm³/mol. The third kappa shape index (κ3) is 1.99. The number of para-hydroxylation sites is 1. The molecule has 3 rings (SSSR count). The van der Waals surface area contributed by atoms with Crippen molar-refractivity contribution < 1.29 is 15.0 Å². The van der Waals surface area contributed by atoms with Crippen molar-refractivity contribution in [3.05, 3.63) is 46.2 Å². The molecule has 1 aliphatic rings. The zero-order chi connectivity index (χ0) is 14.3. The van der Waals surface area contributed by atoms with Gasteiger partial charge in [0.25, 0.3) is 5.91 Å². The van der Waals surface area contributed by atoms with Gasteiger partial charge in [-0.3, -0.25) is 9.59 Å². The normalized spacial score (nSPS) is 22.4. The Kier molecular flexibility index (Phi) is 3.04. The Hall–Kier alpha value is -2.18. The molecule has 1 amide bonds. The van der Waals surface area contributed by atoms with Gasteiger partial charge in [0.2, 0.25) is 5.43 Å². The number of aliphatic hydroxyl groups is 2. The van der Waals surface area contributed by atoms with Crippen molar-refractivity contribution in [2.45, 2.75) is 12.2 Å². The van der Waals surface area contributed by atoms with Gasteiger partial charge in [0, 0.05) is 30.2 Å². The lowest BCUT2D eigenvalue weighted by atomic mass is 10.1. The zero-order valence-corrected chi connectivity index (χ0v) is 10.6. The molecule has 0 unspecified atom stereocenters. The lowest BCUT2D eigenvalue weighted by molar-refractivity contribution is 0.0572. The molecule has 1 aromatic carbocycles. The summed E-state index contributed by atoms with van der Waals surface area (Å²) in [6.07, 6.45) is -0.540. The van der Waals surface area contributed by atoms with Gasteiger partial charge in [-0.15, -0.1) is 0 Å². The molecule has 1 fully saturated rings. The topological polar surface area (TPSA) is 93.6 Å². The number of H-pyrrole nitrogens is 1. The summed E-state index contributed by atoms with van der Waals surface area (Å²) in [5.74, 6) is -0.479. The lowest BCUT2D eigenvalue weighted by Crippen LogP contribution is -2.33. The third-order valence-electron chi connectivity index (χ3n) is 3.56. The molecule has 6 heteroatoms. The highest BCUT2D eigenvalue weighted by Gasteiger charge is 2.33. The number of aliphatic hydroxyl groups excluding tert-OH is 2. The highest BCUT2D eigenvalue weighted by atomic mass is 16.3. The Morgan fingerprint density at radius 2 is 1.85 bits per heavy atom. The first-order valence-corrected chi connectivity index (χ1v) is 6.34. The molecular formula is C14H14N2O4. The minimum atomic E-state index is -0.960. The zero-order valence-electron chi connectivity index (χ0n) is 10.6. The molecule has 0 radical (unpaired) electrons. The maximum absolute atomic E-state index is 12.3. The molecular weight excluding hydrogens is 260 g/mol. The maximum Gasteiger partial charge on any atom is 0.259 e. The molecule has 2 aromatic rings. The standard InChI is InChI=1S/C14H14N2O4/c17-11-6-16(7-12(11)18)14(20)9-5-15-10-4-2-1-3-8(10)13(9)19/h1-5,11-12,17-18H,6-7H2,(H,15,19)/t11-,12+.